The number of carbonyl (C=O) groups is 1. The second-order valence-corrected chi connectivity index (χ2v) is 5.00. The average Bonchev–Trinajstić information content (AvgIpc) is 2.33. The van der Waals surface area contributed by atoms with Gasteiger partial charge in [0.2, 0.25) is 0 Å². The zero-order valence-corrected chi connectivity index (χ0v) is 11.5. The predicted octanol–water partition coefficient (Wildman–Crippen LogP) is 4.67. The van der Waals surface area contributed by atoms with Gasteiger partial charge in [-0.1, -0.05) is 30.8 Å². The minimum absolute atomic E-state index is 0.0109. The van der Waals surface area contributed by atoms with Gasteiger partial charge in [-0.05, 0) is 57.8 Å². The van der Waals surface area contributed by atoms with Crippen molar-refractivity contribution in [2.24, 2.45) is 0 Å². The Morgan fingerprint density at radius 3 is 2.41 bits per heavy atom. The van der Waals surface area contributed by atoms with Crippen LogP contribution in [0, 0.1) is 6.92 Å². The molecule has 0 spiro atoms. The molecule has 17 heavy (non-hydrogen) atoms. The van der Waals surface area contributed by atoms with Gasteiger partial charge in [-0.25, -0.2) is 0 Å². The first-order valence-corrected chi connectivity index (χ1v) is 6.19. The van der Waals surface area contributed by atoms with Gasteiger partial charge in [0.05, 0.1) is 0 Å². The number of halogens is 1. The topological polar surface area (TPSA) is 17.1 Å². The van der Waals surface area contributed by atoms with E-state index in [2.05, 4.69) is 22.5 Å². The molecular formula is C15H13BrO. The van der Waals surface area contributed by atoms with E-state index >= 15 is 0 Å². The van der Waals surface area contributed by atoms with E-state index in [0.717, 1.165) is 26.4 Å². The second kappa shape index (κ2) is 4.46. The molecule has 0 amide bonds. The summed E-state index contributed by atoms with van der Waals surface area (Å²) in [6.07, 6.45) is 0. The summed E-state index contributed by atoms with van der Waals surface area (Å²) < 4.78 is 1.05. The highest BCUT2D eigenvalue weighted by molar-refractivity contribution is 9.10. The lowest BCUT2D eigenvalue weighted by atomic mass is 9.96. The van der Waals surface area contributed by atoms with E-state index in [1.165, 1.54) is 0 Å². The van der Waals surface area contributed by atoms with Gasteiger partial charge in [-0.15, -0.1) is 0 Å². The average molecular weight is 289 g/mol. The molecule has 0 saturated carbocycles. The van der Waals surface area contributed by atoms with Crippen molar-refractivity contribution < 1.29 is 4.79 Å². The highest BCUT2D eigenvalue weighted by Crippen LogP contribution is 2.31. The first-order valence-electron chi connectivity index (χ1n) is 5.40. The highest BCUT2D eigenvalue weighted by Gasteiger charge is 2.13. The minimum Gasteiger partial charge on any atom is -0.289 e. The van der Waals surface area contributed by atoms with E-state index < -0.39 is 0 Å². The van der Waals surface area contributed by atoms with Crippen LogP contribution >= 0.6 is 15.9 Å². The maximum atomic E-state index is 12.1. The third kappa shape index (κ3) is 2.05. The van der Waals surface area contributed by atoms with Crippen LogP contribution in [0.4, 0.5) is 0 Å². The van der Waals surface area contributed by atoms with Gasteiger partial charge in [0.1, 0.15) is 0 Å². The van der Waals surface area contributed by atoms with Gasteiger partial charge in [0.15, 0.2) is 5.78 Å². The molecule has 0 aliphatic rings. The number of allylic oxidation sites excluding steroid dienone is 1. The number of ketones is 1. The van der Waals surface area contributed by atoms with Crippen molar-refractivity contribution in [2.45, 2.75) is 13.8 Å². The van der Waals surface area contributed by atoms with Crippen molar-refractivity contribution in [3.8, 4) is 0 Å². The van der Waals surface area contributed by atoms with Gasteiger partial charge < -0.3 is 0 Å². The zero-order chi connectivity index (χ0) is 12.6. The van der Waals surface area contributed by atoms with E-state index in [1.807, 2.05) is 37.3 Å². The summed E-state index contributed by atoms with van der Waals surface area (Å²) in [4.78, 5) is 12.1. The minimum atomic E-state index is 0.0109. The normalized spacial score (nSPS) is 10.5. The largest absolute Gasteiger partial charge is 0.289 e. The van der Waals surface area contributed by atoms with Crippen LogP contribution < -0.4 is 0 Å². The molecule has 0 fully saturated rings. The number of aryl methyl sites for hydroxylation is 1. The van der Waals surface area contributed by atoms with E-state index in [9.17, 15) is 4.79 Å². The van der Waals surface area contributed by atoms with Crippen molar-refractivity contribution in [3.05, 3.63) is 58.1 Å². The van der Waals surface area contributed by atoms with Crippen molar-refractivity contribution in [3.63, 3.8) is 0 Å². The van der Waals surface area contributed by atoms with E-state index in [1.54, 1.807) is 6.92 Å². The molecule has 2 heteroatoms. The molecule has 0 radical (unpaired) electrons. The van der Waals surface area contributed by atoms with Crippen LogP contribution in [0.25, 0.3) is 10.8 Å². The molecule has 0 saturated heterocycles. The maximum absolute atomic E-state index is 12.1. The van der Waals surface area contributed by atoms with Crippen LogP contribution in [-0.2, 0) is 0 Å². The third-order valence-electron chi connectivity index (χ3n) is 2.79. The van der Waals surface area contributed by atoms with Crippen LogP contribution in [0.1, 0.15) is 22.8 Å². The fourth-order valence-electron chi connectivity index (χ4n) is 1.90. The third-order valence-corrected chi connectivity index (χ3v) is 3.85. The Hall–Kier alpha value is -1.41. The van der Waals surface area contributed by atoms with Gasteiger partial charge in [0.25, 0.3) is 0 Å². The predicted molar refractivity (Wildman–Crippen MR) is 75.5 cm³/mol. The summed E-state index contributed by atoms with van der Waals surface area (Å²) in [5.41, 5.74) is 2.36. The molecule has 0 aliphatic carbocycles. The van der Waals surface area contributed by atoms with Crippen LogP contribution in [0.5, 0.6) is 0 Å². The fourth-order valence-corrected chi connectivity index (χ4v) is 2.36. The lowest BCUT2D eigenvalue weighted by Crippen LogP contribution is -2.01. The standard InChI is InChI=1S/C15H13BrO/c1-9(2)15(17)13-8-10(3)14(16)12-7-5-4-6-11(12)13/h4-8H,1H2,2-3H3. The van der Waals surface area contributed by atoms with Gasteiger partial charge >= 0.3 is 0 Å². The number of carbonyl (C=O) groups excluding carboxylic acids is 1. The Morgan fingerprint density at radius 2 is 1.82 bits per heavy atom. The van der Waals surface area contributed by atoms with Gasteiger partial charge in [-0.3, -0.25) is 4.79 Å². The van der Waals surface area contributed by atoms with Crippen molar-refractivity contribution in [1.29, 1.82) is 0 Å². The molecule has 0 atom stereocenters. The Kier molecular flexibility index (Phi) is 3.16. The molecule has 0 aliphatic heterocycles. The monoisotopic (exact) mass is 288 g/mol. The molecule has 0 aromatic heterocycles. The van der Waals surface area contributed by atoms with Crippen LogP contribution in [0.3, 0.4) is 0 Å². The first kappa shape index (κ1) is 12.1. The van der Waals surface area contributed by atoms with Crippen molar-refractivity contribution in [2.75, 3.05) is 0 Å². The highest BCUT2D eigenvalue weighted by atomic mass is 79.9. The summed E-state index contributed by atoms with van der Waals surface area (Å²) in [5.74, 6) is 0.0109. The van der Waals surface area contributed by atoms with E-state index in [-0.39, 0.29) is 5.78 Å². The molecule has 0 N–H and O–H groups in total. The molecular weight excluding hydrogens is 276 g/mol. The summed E-state index contributed by atoms with van der Waals surface area (Å²) >= 11 is 3.57. The summed E-state index contributed by atoms with van der Waals surface area (Å²) in [7, 11) is 0. The van der Waals surface area contributed by atoms with Crippen molar-refractivity contribution >= 4 is 32.5 Å². The summed E-state index contributed by atoms with van der Waals surface area (Å²) in [6, 6.07) is 9.82. The molecule has 1 nitrogen and oxygen atoms in total. The number of benzene rings is 2. The second-order valence-electron chi connectivity index (χ2n) is 4.21. The van der Waals surface area contributed by atoms with E-state index in [0.29, 0.717) is 5.57 Å². The molecule has 0 heterocycles. The number of Topliss-reactive ketones (excluding diaryl/α,β-unsaturated/α-hetero) is 1. The lowest BCUT2D eigenvalue weighted by Gasteiger charge is -2.10. The molecule has 2 rings (SSSR count). The van der Waals surface area contributed by atoms with Crippen LogP contribution in [0.15, 0.2) is 47.0 Å². The fraction of sp³-hybridized carbons (Fsp3) is 0.133. The first-order chi connectivity index (χ1) is 8.02. The molecule has 0 bridgehead atoms. The molecule has 86 valence electrons. The Labute approximate surface area is 109 Å². The molecule has 2 aromatic rings. The number of hydrogen-bond acceptors (Lipinski definition) is 1. The van der Waals surface area contributed by atoms with Crippen LogP contribution in [0.2, 0.25) is 0 Å². The van der Waals surface area contributed by atoms with Gasteiger partial charge in [-0.2, -0.15) is 0 Å². The quantitative estimate of drug-likeness (QED) is 0.580. The maximum Gasteiger partial charge on any atom is 0.188 e. The van der Waals surface area contributed by atoms with Crippen molar-refractivity contribution in [1.82, 2.24) is 0 Å². The number of hydrogen-bond donors (Lipinski definition) is 0. The smallest absolute Gasteiger partial charge is 0.188 e. The number of rotatable bonds is 2. The Balaban J connectivity index is 2.85. The van der Waals surface area contributed by atoms with E-state index in [4.69, 9.17) is 0 Å². The number of fused-ring (bicyclic) bond motifs is 1. The SMILES string of the molecule is C=C(C)C(=O)c1cc(C)c(Br)c2ccccc12. The lowest BCUT2D eigenvalue weighted by molar-refractivity contribution is 0.103. The Bertz CT molecular complexity index is 626. The zero-order valence-electron chi connectivity index (χ0n) is 9.88. The summed E-state index contributed by atoms with van der Waals surface area (Å²) in [6.45, 7) is 7.47. The van der Waals surface area contributed by atoms with Gasteiger partial charge in [0, 0.05) is 10.0 Å². The molecule has 2 aromatic carbocycles. The van der Waals surface area contributed by atoms with Crippen LogP contribution in [-0.4, -0.2) is 5.78 Å². The molecule has 0 unspecified atom stereocenters. The summed E-state index contributed by atoms with van der Waals surface area (Å²) in [5, 5.41) is 2.04. The Morgan fingerprint density at radius 1 is 1.24 bits per heavy atom.